The van der Waals surface area contributed by atoms with Gasteiger partial charge in [-0.05, 0) is 31.2 Å². The number of carboxylic acids is 1. The maximum Gasteiger partial charge on any atom is 0.335 e. The minimum atomic E-state index is -1.30. The van der Waals surface area contributed by atoms with E-state index in [-0.39, 0.29) is 22.6 Å². The molecule has 1 aliphatic rings. The summed E-state index contributed by atoms with van der Waals surface area (Å²) in [6.07, 6.45) is 2.06. The maximum absolute atomic E-state index is 12.5. The first-order valence-corrected chi connectivity index (χ1v) is 6.95. The maximum atomic E-state index is 12.5. The Morgan fingerprint density at radius 2 is 1.86 bits per heavy atom. The Balaban J connectivity index is 2.36. The third-order valence-electron chi connectivity index (χ3n) is 4.57. The number of carbonyl (C=O) groups is 2. The van der Waals surface area contributed by atoms with Crippen molar-refractivity contribution in [3.8, 4) is 0 Å². The fourth-order valence-electron chi connectivity index (χ4n) is 2.43. The summed E-state index contributed by atoms with van der Waals surface area (Å²) in [5.74, 6) is -1.71. The third-order valence-corrected chi connectivity index (χ3v) is 4.57. The van der Waals surface area contributed by atoms with Crippen molar-refractivity contribution in [2.75, 3.05) is 7.05 Å². The fraction of sp³-hybridized carbons (Fsp3) is 0.467. The van der Waals surface area contributed by atoms with Crippen molar-refractivity contribution in [2.24, 2.45) is 5.41 Å². The Bertz CT molecular complexity index is 619. The van der Waals surface area contributed by atoms with Gasteiger partial charge in [0.2, 0.25) is 0 Å². The molecule has 0 aromatic heterocycles. The Morgan fingerprint density at radius 1 is 1.32 bits per heavy atom. The Labute approximate surface area is 127 Å². The number of benzene rings is 1. The van der Waals surface area contributed by atoms with Gasteiger partial charge in [-0.2, -0.15) is 0 Å². The SMILES string of the molecule is CC(N(C)C(=O)c1cc(C(=O)O)cc([N+](=O)[O-])c1)C1(C)CC1. The van der Waals surface area contributed by atoms with Crippen LogP contribution in [0, 0.1) is 15.5 Å². The van der Waals surface area contributed by atoms with Crippen molar-refractivity contribution < 1.29 is 19.6 Å². The average molecular weight is 306 g/mol. The van der Waals surface area contributed by atoms with Crippen LogP contribution >= 0.6 is 0 Å². The molecule has 1 N–H and O–H groups in total. The molecular weight excluding hydrogens is 288 g/mol. The Morgan fingerprint density at radius 3 is 2.32 bits per heavy atom. The number of nitro groups is 1. The van der Waals surface area contributed by atoms with Gasteiger partial charge in [0, 0.05) is 30.8 Å². The number of carbonyl (C=O) groups excluding carboxylic acids is 1. The van der Waals surface area contributed by atoms with Gasteiger partial charge < -0.3 is 10.0 Å². The lowest BCUT2D eigenvalue weighted by Gasteiger charge is -2.30. The van der Waals surface area contributed by atoms with Gasteiger partial charge in [0.05, 0.1) is 10.5 Å². The van der Waals surface area contributed by atoms with E-state index in [0.29, 0.717) is 0 Å². The second kappa shape index (κ2) is 5.40. The van der Waals surface area contributed by atoms with E-state index in [4.69, 9.17) is 5.11 Å². The number of non-ortho nitro benzene ring substituents is 1. The van der Waals surface area contributed by atoms with Gasteiger partial charge in [-0.3, -0.25) is 14.9 Å². The van der Waals surface area contributed by atoms with Crippen LogP contribution in [-0.2, 0) is 0 Å². The monoisotopic (exact) mass is 306 g/mol. The molecule has 1 aliphatic carbocycles. The summed E-state index contributed by atoms with van der Waals surface area (Å²) in [5, 5.41) is 19.9. The molecule has 0 spiro atoms. The number of hydrogen-bond donors (Lipinski definition) is 1. The molecule has 1 fully saturated rings. The molecule has 1 atom stereocenters. The highest BCUT2D eigenvalue weighted by Gasteiger charge is 2.45. The predicted molar refractivity (Wildman–Crippen MR) is 79.0 cm³/mol. The highest BCUT2D eigenvalue weighted by atomic mass is 16.6. The van der Waals surface area contributed by atoms with Gasteiger partial charge in [-0.1, -0.05) is 6.92 Å². The molecular formula is C15H18N2O5. The van der Waals surface area contributed by atoms with Crippen LogP contribution in [0.25, 0.3) is 0 Å². The van der Waals surface area contributed by atoms with Crippen LogP contribution in [-0.4, -0.2) is 39.9 Å². The largest absolute Gasteiger partial charge is 0.478 e. The first kappa shape index (κ1) is 15.9. The van der Waals surface area contributed by atoms with Crippen LogP contribution in [0.3, 0.4) is 0 Å². The van der Waals surface area contributed by atoms with Crippen LogP contribution < -0.4 is 0 Å². The van der Waals surface area contributed by atoms with Crippen LogP contribution in [0.1, 0.15) is 47.4 Å². The normalized spacial score (nSPS) is 16.7. The van der Waals surface area contributed by atoms with E-state index >= 15 is 0 Å². The van der Waals surface area contributed by atoms with Gasteiger partial charge >= 0.3 is 5.97 Å². The topological polar surface area (TPSA) is 101 Å². The smallest absolute Gasteiger partial charge is 0.335 e. The number of aromatic carboxylic acids is 1. The summed E-state index contributed by atoms with van der Waals surface area (Å²) in [6.45, 7) is 4.01. The summed E-state index contributed by atoms with van der Waals surface area (Å²) in [6, 6.07) is 3.22. The third kappa shape index (κ3) is 2.93. The lowest BCUT2D eigenvalue weighted by Crippen LogP contribution is -2.40. The number of nitrogens with zero attached hydrogens (tertiary/aromatic N) is 2. The van der Waals surface area contributed by atoms with Crippen molar-refractivity contribution in [1.29, 1.82) is 0 Å². The molecule has 0 heterocycles. The molecule has 1 amide bonds. The van der Waals surface area contributed by atoms with Gasteiger partial charge in [0.25, 0.3) is 11.6 Å². The molecule has 0 radical (unpaired) electrons. The molecule has 118 valence electrons. The van der Waals surface area contributed by atoms with Crippen molar-refractivity contribution in [3.05, 3.63) is 39.4 Å². The zero-order chi connectivity index (χ0) is 16.7. The lowest BCUT2D eigenvalue weighted by molar-refractivity contribution is -0.384. The number of carboxylic acid groups (broad SMARTS) is 1. The van der Waals surface area contributed by atoms with E-state index in [0.717, 1.165) is 25.0 Å². The number of nitro benzene ring substituents is 1. The lowest BCUT2D eigenvalue weighted by atomic mass is 9.98. The zero-order valence-corrected chi connectivity index (χ0v) is 12.7. The Kier molecular flexibility index (Phi) is 3.91. The number of hydrogen-bond acceptors (Lipinski definition) is 4. The molecule has 1 unspecified atom stereocenters. The van der Waals surface area contributed by atoms with Crippen LogP contribution in [0.2, 0.25) is 0 Å². The summed E-state index contributed by atoms with van der Waals surface area (Å²) < 4.78 is 0. The van der Waals surface area contributed by atoms with Gasteiger partial charge in [0.15, 0.2) is 0 Å². The summed E-state index contributed by atoms with van der Waals surface area (Å²) >= 11 is 0. The second-order valence-corrected chi connectivity index (χ2v) is 6.08. The van der Waals surface area contributed by atoms with E-state index in [1.165, 1.54) is 11.0 Å². The quantitative estimate of drug-likeness (QED) is 0.665. The van der Waals surface area contributed by atoms with Crippen LogP contribution in [0.5, 0.6) is 0 Å². The molecule has 1 saturated carbocycles. The fourth-order valence-corrected chi connectivity index (χ4v) is 2.43. The van der Waals surface area contributed by atoms with Crippen LogP contribution in [0.15, 0.2) is 18.2 Å². The minimum absolute atomic E-state index is 0.0187. The van der Waals surface area contributed by atoms with Crippen LogP contribution in [0.4, 0.5) is 5.69 Å². The van der Waals surface area contributed by atoms with E-state index in [1.807, 2.05) is 6.92 Å². The van der Waals surface area contributed by atoms with Gasteiger partial charge in [-0.15, -0.1) is 0 Å². The van der Waals surface area contributed by atoms with Gasteiger partial charge in [0.1, 0.15) is 0 Å². The molecule has 0 aliphatic heterocycles. The summed E-state index contributed by atoms with van der Waals surface area (Å²) in [5.41, 5.74) is -0.579. The molecule has 1 aromatic carbocycles. The average Bonchev–Trinajstić information content (AvgIpc) is 3.23. The first-order chi connectivity index (χ1) is 10.2. The molecule has 0 bridgehead atoms. The van der Waals surface area contributed by atoms with Crippen molar-refractivity contribution >= 4 is 17.6 Å². The van der Waals surface area contributed by atoms with E-state index < -0.39 is 22.5 Å². The summed E-state index contributed by atoms with van der Waals surface area (Å²) in [4.78, 5) is 35.3. The molecule has 7 heteroatoms. The van der Waals surface area contributed by atoms with Crippen molar-refractivity contribution in [2.45, 2.75) is 32.7 Å². The minimum Gasteiger partial charge on any atom is -0.478 e. The highest BCUT2D eigenvalue weighted by molar-refractivity contribution is 5.98. The molecule has 7 nitrogen and oxygen atoms in total. The second-order valence-electron chi connectivity index (χ2n) is 6.08. The molecule has 22 heavy (non-hydrogen) atoms. The van der Waals surface area contributed by atoms with Crippen molar-refractivity contribution in [1.82, 2.24) is 4.90 Å². The van der Waals surface area contributed by atoms with E-state index in [2.05, 4.69) is 6.92 Å². The number of rotatable bonds is 5. The van der Waals surface area contributed by atoms with Gasteiger partial charge in [-0.25, -0.2) is 4.79 Å². The van der Waals surface area contributed by atoms with E-state index in [1.54, 1.807) is 7.05 Å². The number of amides is 1. The standard InChI is InChI=1S/C15H18N2O5/c1-9(15(2)4-5-15)16(3)13(18)10-6-11(14(19)20)8-12(7-10)17(21)22/h6-9H,4-5H2,1-3H3,(H,19,20). The Hall–Kier alpha value is -2.44. The molecule has 2 rings (SSSR count). The van der Waals surface area contributed by atoms with Crippen molar-refractivity contribution in [3.63, 3.8) is 0 Å². The molecule has 1 aromatic rings. The predicted octanol–water partition coefficient (Wildman–Crippen LogP) is 2.55. The van der Waals surface area contributed by atoms with E-state index in [9.17, 15) is 19.7 Å². The highest BCUT2D eigenvalue weighted by Crippen LogP contribution is 2.49. The molecule has 0 saturated heterocycles. The first-order valence-electron chi connectivity index (χ1n) is 6.95. The zero-order valence-electron chi connectivity index (χ0n) is 12.7. The summed E-state index contributed by atoms with van der Waals surface area (Å²) in [7, 11) is 1.63.